The van der Waals surface area contributed by atoms with Crippen LogP contribution in [0, 0.1) is 0 Å². The van der Waals surface area contributed by atoms with Gasteiger partial charge < -0.3 is 20.1 Å². The number of ether oxygens (including phenoxy) is 2. The van der Waals surface area contributed by atoms with E-state index >= 15 is 0 Å². The maximum atomic E-state index is 12.5. The maximum Gasteiger partial charge on any atom is 0.341 e. The molecule has 1 heterocycles. The minimum Gasteiger partial charge on any atom is -0.494 e. The fourth-order valence-electron chi connectivity index (χ4n) is 3.39. The summed E-state index contributed by atoms with van der Waals surface area (Å²) >= 11 is 6.70. The zero-order chi connectivity index (χ0) is 26.1. The molecule has 0 unspecified atom stereocenters. The van der Waals surface area contributed by atoms with E-state index in [1.807, 2.05) is 42.5 Å². The number of thiocarbonyl (C=S) groups is 1. The van der Waals surface area contributed by atoms with E-state index in [0.717, 1.165) is 16.2 Å². The van der Waals surface area contributed by atoms with Crippen LogP contribution in [0.25, 0.3) is 10.4 Å². The Labute approximate surface area is 222 Å². The second-order valence-corrected chi connectivity index (χ2v) is 10.6. The van der Waals surface area contributed by atoms with Crippen LogP contribution in [0.1, 0.15) is 56.5 Å². The molecule has 0 fully saturated rings. The number of anilines is 1. The molecule has 0 aliphatic rings. The highest BCUT2D eigenvalue weighted by atomic mass is 32.1. The van der Waals surface area contributed by atoms with Crippen molar-refractivity contribution < 1.29 is 19.1 Å². The van der Waals surface area contributed by atoms with Crippen LogP contribution in [-0.4, -0.2) is 30.2 Å². The van der Waals surface area contributed by atoms with Gasteiger partial charge in [0.1, 0.15) is 10.8 Å². The van der Waals surface area contributed by atoms with Crippen molar-refractivity contribution in [3.8, 4) is 16.2 Å². The number of hydrogen-bond acceptors (Lipinski definition) is 6. The van der Waals surface area contributed by atoms with E-state index in [0.29, 0.717) is 23.6 Å². The molecule has 1 amide bonds. The van der Waals surface area contributed by atoms with Gasteiger partial charge in [-0.25, -0.2) is 4.79 Å². The molecule has 8 heteroatoms. The van der Waals surface area contributed by atoms with Crippen LogP contribution >= 0.6 is 23.6 Å². The number of hydrogen-bond donors (Lipinski definition) is 2. The van der Waals surface area contributed by atoms with Crippen LogP contribution in [0.3, 0.4) is 0 Å². The highest BCUT2D eigenvalue weighted by molar-refractivity contribution is 7.80. The standard InChI is InChI=1S/C28H32N2O4S2/c1-5-33-26(32)22-18-23(19-10-7-6-8-11-19)36-25(22)30-27(35)29-24(31)12-9-17-34-21-15-13-20(14-16-21)28(2,3)4/h6-8,10-11,13-16,18H,5,9,12,17H2,1-4H3,(H2,29,30,31,35). The van der Waals surface area contributed by atoms with Gasteiger partial charge in [0.25, 0.3) is 0 Å². The molecule has 36 heavy (non-hydrogen) atoms. The van der Waals surface area contributed by atoms with Crippen molar-refractivity contribution in [3.05, 3.63) is 71.8 Å². The van der Waals surface area contributed by atoms with Crippen molar-refractivity contribution >= 4 is 45.5 Å². The lowest BCUT2D eigenvalue weighted by molar-refractivity contribution is -0.119. The Morgan fingerprint density at radius 3 is 2.36 bits per heavy atom. The number of benzene rings is 2. The van der Waals surface area contributed by atoms with Gasteiger partial charge in [0.05, 0.1) is 18.8 Å². The summed E-state index contributed by atoms with van der Waals surface area (Å²) in [6.07, 6.45) is 0.799. The minimum atomic E-state index is -0.444. The van der Waals surface area contributed by atoms with E-state index in [4.69, 9.17) is 21.7 Å². The smallest absolute Gasteiger partial charge is 0.341 e. The summed E-state index contributed by atoms with van der Waals surface area (Å²) < 4.78 is 10.9. The molecule has 0 aliphatic heterocycles. The van der Waals surface area contributed by atoms with Gasteiger partial charge in [0.15, 0.2) is 5.11 Å². The second-order valence-electron chi connectivity index (χ2n) is 9.17. The van der Waals surface area contributed by atoms with Gasteiger partial charge in [0, 0.05) is 11.3 Å². The lowest BCUT2D eigenvalue weighted by Gasteiger charge is -2.19. The van der Waals surface area contributed by atoms with Crippen molar-refractivity contribution in [1.82, 2.24) is 5.32 Å². The van der Waals surface area contributed by atoms with Gasteiger partial charge in [-0.3, -0.25) is 4.79 Å². The third kappa shape index (κ3) is 7.90. The molecule has 0 saturated carbocycles. The van der Waals surface area contributed by atoms with Gasteiger partial charge in [0.2, 0.25) is 5.91 Å². The minimum absolute atomic E-state index is 0.0897. The Morgan fingerprint density at radius 2 is 1.72 bits per heavy atom. The number of amides is 1. The zero-order valence-corrected chi connectivity index (χ0v) is 22.7. The molecule has 0 spiro atoms. The van der Waals surface area contributed by atoms with Crippen LogP contribution in [0.15, 0.2) is 60.7 Å². The van der Waals surface area contributed by atoms with E-state index < -0.39 is 5.97 Å². The topological polar surface area (TPSA) is 76.7 Å². The molecule has 0 bridgehead atoms. The third-order valence-corrected chi connectivity index (χ3v) is 6.61. The van der Waals surface area contributed by atoms with Crippen molar-refractivity contribution in [2.75, 3.05) is 18.5 Å². The molecule has 190 valence electrons. The molecule has 3 rings (SSSR count). The average molecular weight is 525 g/mol. The summed E-state index contributed by atoms with van der Waals surface area (Å²) in [6.45, 7) is 8.93. The number of thiophene rings is 1. The molecule has 0 saturated heterocycles. The predicted octanol–water partition coefficient (Wildman–Crippen LogP) is 6.56. The Kier molecular flexibility index (Phi) is 9.61. The first-order chi connectivity index (χ1) is 17.2. The predicted molar refractivity (Wildman–Crippen MR) is 150 cm³/mol. The summed E-state index contributed by atoms with van der Waals surface area (Å²) in [6, 6.07) is 19.5. The van der Waals surface area contributed by atoms with Gasteiger partial charge in [-0.05, 0) is 60.3 Å². The van der Waals surface area contributed by atoms with Gasteiger partial charge in [-0.1, -0.05) is 63.2 Å². The Balaban J connectivity index is 1.51. The molecule has 0 atom stereocenters. The van der Waals surface area contributed by atoms with Crippen molar-refractivity contribution in [2.24, 2.45) is 0 Å². The molecular formula is C28H32N2O4S2. The molecule has 3 aromatic rings. The molecule has 0 aliphatic carbocycles. The van der Waals surface area contributed by atoms with Crippen molar-refractivity contribution in [2.45, 2.75) is 46.0 Å². The Hall–Kier alpha value is -3.23. The zero-order valence-electron chi connectivity index (χ0n) is 21.1. The van der Waals surface area contributed by atoms with Gasteiger partial charge in [-0.15, -0.1) is 11.3 Å². The number of rotatable bonds is 9. The lowest BCUT2D eigenvalue weighted by atomic mass is 9.87. The van der Waals surface area contributed by atoms with E-state index in [1.165, 1.54) is 16.9 Å². The summed E-state index contributed by atoms with van der Waals surface area (Å²) in [5.74, 6) is 0.107. The summed E-state index contributed by atoms with van der Waals surface area (Å²) in [5.41, 5.74) is 2.68. The van der Waals surface area contributed by atoms with E-state index in [-0.39, 0.29) is 29.5 Å². The molecular weight excluding hydrogens is 492 g/mol. The van der Waals surface area contributed by atoms with Gasteiger partial charge in [-0.2, -0.15) is 0 Å². The van der Waals surface area contributed by atoms with E-state index in [2.05, 4.69) is 43.5 Å². The first kappa shape index (κ1) is 27.4. The molecule has 0 radical (unpaired) electrons. The third-order valence-electron chi connectivity index (χ3n) is 5.30. The SMILES string of the molecule is CCOC(=O)c1cc(-c2ccccc2)sc1NC(=S)NC(=O)CCCOc1ccc(C(C)(C)C)cc1. The molecule has 2 aromatic carbocycles. The number of esters is 1. The monoisotopic (exact) mass is 524 g/mol. The normalized spacial score (nSPS) is 11.0. The quantitative estimate of drug-likeness (QED) is 0.188. The molecule has 6 nitrogen and oxygen atoms in total. The van der Waals surface area contributed by atoms with E-state index in [9.17, 15) is 9.59 Å². The average Bonchev–Trinajstić information content (AvgIpc) is 3.26. The van der Waals surface area contributed by atoms with Crippen LogP contribution in [-0.2, 0) is 14.9 Å². The van der Waals surface area contributed by atoms with Crippen LogP contribution in [0.5, 0.6) is 5.75 Å². The number of nitrogens with one attached hydrogen (secondary N) is 2. The van der Waals surface area contributed by atoms with Crippen LogP contribution < -0.4 is 15.4 Å². The Morgan fingerprint density at radius 1 is 1.03 bits per heavy atom. The fourth-order valence-corrected chi connectivity index (χ4v) is 4.72. The number of carbonyl (C=O) groups excluding carboxylic acids is 2. The molecule has 1 aromatic heterocycles. The van der Waals surface area contributed by atoms with Crippen LogP contribution in [0.2, 0.25) is 0 Å². The molecule has 2 N–H and O–H groups in total. The largest absolute Gasteiger partial charge is 0.494 e. The number of carbonyl (C=O) groups is 2. The summed E-state index contributed by atoms with van der Waals surface area (Å²) in [5, 5.41) is 6.33. The first-order valence-electron chi connectivity index (χ1n) is 11.9. The van der Waals surface area contributed by atoms with Crippen LogP contribution in [0.4, 0.5) is 5.00 Å². The fraction of sp³-hybridized carbons (Fsp3) is 0.321. The first-order valence-corrected chi connectivity index (χ1v) is 13.1. The van der Waals surface area contributed by atoms with Crippen molar-refractivity contribution in [3.63, 3.8) is 0 Å². The second kappa shape index (κ2) is 12.6. The van der Waals surface area contributed by atoms with E-state index in [1.54, 1.807) is 13.0 Å². The summed E-state index contributed by atoms with van der Waals surface area (Å²) in [4.78, 5) is 25.7. The maximum absolute atomic E-state index is 12.5. The highest BCUT2D eigenvalue weighted by Gasteiger charge is 2.19. The lowest BCUT2D eigenvalue weighted by Crippen LogP contribution is -2.34. The van der Waals surface area contributed by atoms with Crippen molar-refractivity contribution in [1.29, 1.82) is 0 Å². The van der Waals surface area contributed by atoms with Gasteiger partial charge >= 0.3 is 5.97 Å². The summed E-state index contributed by atoms with van der Waals surface area (Å²) in [7, 11) is 0. The Bertz CT molecular complexity index is 1180. The highest BCUT2D eigenvalue weighted by Crippen LogP contribution is 2.36.